The molecule has 1 saturated heterocycles. The van der Waals surface area contributed by atoms with Crippen LogP contribution in [-0.2, 0) is 22.6 Å². The summed E-state index contributed by atoms with van der Waals surface area (Å²) in [5.74, 6) is -1.27. The lowest BCUT2D eigenvalue weighted by atomic mass is 10.1. The molecule has 5 atom stereocenters. The van der Waals surface area contributed by atoms with Crippen LogP contribution in [0.2, 0.25) is 0 Å². The van der Waals surface area contributed by atoms with Crippen molar-refractivity contribution >= 4 is 5.97 Å². The second-order valence-corrected chi connectivity index (χ2v) is 6.29. The van der Waals surface area contributed by atoms with Gasteiger partial charge in [0.1, 0.15) is 24.4 Å². The summed E-state index contributed by atoms with van der Waals surface area (Å²) in [6, 6.07) is -1.26. The molecule has 1 aromatic heterocycles. The van der Waals surface area contributed by atoms with Crippen LogP contribution in [0.4, 0.5) is 0 Å². The third-order valence-corrected chi connectivity index (χ3v) is 4.41. The van der Waals surface area contributed by atoms with Gasteiger partial charge in [0, 0.05) is 24.8 Å². The fraction of sp³-hybridized carbons (Fsp3) is 0.667. The number of carboxylic acids is 1. The Balaban J connectivity index is 2.47. The second-order valence-electron chi connectivity index (χ2n) is 6.29. The number of nitrogens with two attached hydrogens (primary N) is 1. The van der Waals surface area contributed by atoms with Gasteiger partial charge in [-0.2, -0.15) is 0 Å². The Hall–Kier alpha value is -2.09. The van der Waals surface area contributed by atoms with Crippen molar-refractivity contribution in [2.45, 2.75) is 50.1 Å². The minimum absolute atomic E-state index is 0.0961. The first-order valence-electron chi connectivity index (χ1n) is 8.33. The van der Waals surface area contributed by atoms with Crippen molar-refractivity contribution in [2.75, 3.05) is 13.7 Å². The number of rotatable bonds is 8. The summed E-state index contributed by atoms with van der Waals surface area (Å²) in [4.78, 5) is 36.1. The van der Waals surface area contributed by atoms with Gasteiger partial charge in [0.15, 0.2) is 6.23 Å². The van der Waals surface area contributed by atoms with Gasteiger partial charge in [-0.15, -0.1) is 0 Å². The Kier molecular flexibility index (Phi) is 6.86. The van der Waals surface area contributed by atoms with Crippen LogP contribution in [0.15, 0.2) is 15.8 Å². The number of hydrogen-bond acceptors (Lipinski definition) is 9. The van der Waals surface area contributed by atoms with E-state index >= 15 is 0 Å². The first-order valence-corrected chi connectivity index (χ1v) is 8.33. The number of aliphatic hydroxyl groups is 3. The number of carboxylic acid groups (broad SMARTS) is 1. The lowest BCUT2D eigenvalue weighted by molar-refractivity contribution is -0.138. The van der Waals surface area contributed by atoms with Crippen LogP contribution in [0, 0.1) is 0 Å². The Labute approximate surface area is 153 Å². The monoisotopic (exact) mass is 388 g/mol. The van der Waals surface area contributed by atoms with Crippen LogP contribution in [0.5, 0.6) is 0 Å². The molecule has 2 rings (SSSR count). The molecule has 0 radical (unpaired) electrons. The van der Waals surface area contributed by atoms with Gasteiger partial charge in [-0.25, -0.2) is 4.79 Å². The molecule has 0 bridgehead atoms. The van der Waals surface area contributed by atoms with Crippen molar-refractivity contribution in [1.29, 1.82) is 0 Å². The summed E-state index contributed by atoms with van der Waals surface area (Å²) in [6.45, 7) is -0.726. The molecule has 0 aromatic carbocycles. The largest absolute Gasteiger partial charge is 0.480 e. The zero-order valence-corrected chi connectivity index (χ0v) is 14.7. The molecule has 1 aliphatic heterocycles. The van der Waals surface area contributed by atoms with Crippen LogP contribution < -0.4 is 22.3 Å². The van der Waals surface area contributed by atoms with Gasteiger partial charge in [0.05, 0.1) is 6.61 Å². The molecule has 152 valence electrons. The van der Waals surface area contributed by atoms with Gasteiger partial charge >= 0.3 is 11.7 Å². The Morgan fingerprint density at radius 1 is 1.37 bits per heavy atom. The number of nitrogens with zero attached hydrogens (tertiary/aromatic N) is 2. The van der Waals surface area contributed by atoms with Crippen molar-refractivity contribution in [3.8, 4) is 0 Å². The van der Waals surface area contributed by atoms with E-state index in [-0.39, 0.29) is 25.1 Å². The molecule has 0 saturated carbocycles. The standard InChI is InChI=1S/C15H24N4O8/c1-17-4-7-5-19(13-11(22)10(21)9(6-20)27-13)15(26)18(12(7)23)3-2-8(16)14(24)25/h5,8-11,13,17,20-22H,2-4,6,16H2,1H3,(H,24,25)/t8?,9-,10-,11-,13-/m1/s1. The van der Waals surface area contributed by atoms with Crippen molar-refractivity contribution in [1.82, 2.24) is 14.5 Å². The normalized spacial score (nSPS) is 26.3. The van der Waals surface area contributed by atoms with E-state index in [9.17, 15) is 29.7 Å². The summed E-state index contributed by atoms with van der Waals surface area (Å²) in [5, 5.41) is 40.9. The molecule has 12 heteroatoms. The number of aliphatic hydroxyl groups excluding tert-OH is 3. The molecule has 1 fully saturated rings. The molecule has 7 N–H and O–H groups in total. The minimum Gasteiger partial charge on any atom is -0.480 e. The van der Waals surface area contributed by atoms with E-state index in [1.165, 1.54) is 6.20 Å². The fourth-order valence-electron chi connectivity index (χ4n) is 2.87. The quantitative estimate of drug-likeness (QED) is 0.257. The molecule has 1 unspecified atom stereocenters. The molecule has 27 heavy (non-hydrogen) atoms. The maximum Gasteiger partial charge on any atom is 0.333 e. The molecule has 2 heterocycles. The Morgan fingerprint density at radius 3 is 2.56 bits per heavy atom. The summed E-state index contributed by atoms with van der Waals surface area (Å²) in [6.07, 6.45) is -4.29. The molecule has 1 aromatic rings. The van der Waals surface area contributed by atoms with E-state index in [2.05, 4.69) is 5.32 Å². The highest BCUT2D eigenvalue weighted by molar-refractivity contribution is 5.72. The molecule has 0 aliphatic carbocycles. The summed E-state index contributed by atoms with van der Waals surface area (Å²) < 4.78 is 7.11. The van der Waals surface area contributed by atoms with E-state index in [1.807, 2.05) is 0 Å². The maximum absolute atomic E-state index is 12.7. The fourth-order valence-corrected chi connectivity index (χ4v) is 2.87. The summed E-state index contributed by atoms with van der Waals surface area (Å²) in [7, 11) is 1.59. The number of carbonyl (C=O) groups is 1. The van der Waals surface area contributed by atoms with Crippen LogP contribution in [-0.4, -0.2) is 73.5 Å². The molecule has 12 nitrogen and oxygen atoms in total. The van der Waals surface area contributed by atoms with Crippen LogP contribution in [0.25, 0.3) is 0 Å². The van der Waals surface area contributed by atoms with Gasteiger partial charge in [0.2, 0.25) is 0 Å². The molecular formula is C15H24N4O8. The Bertz CT molecular complexity index is 791. The molecule has 1 aliphatic rings. The average Bonchev–Trinajstić information content (AvgIpc) is 2.91. The highest BCUT2D eigenvalue weighted by Gasteiger charge is 2.44. The highest BCUT2D eigenvalue weighted by atomic mass is 16.6. The topological polar surface area (TPSA) is 189 Å². The van der Waals surface area contributed by atoms with E-state index in [1.54, 1.807) is 7.05 Å². The molecular weight excluding hydrogens is 364 g/mol. The van der Waals surface area contributed by atoms with Crippen molar-refractivity contribution in [2.24, 2.45) is 5.73 Å². The van der Waals surface area contributed by atoms with Crippen LogP contribution >= 0.6 is 0 Å². The first kappa shape index (κ1) is 21.2. The molecule has 0 spiro atoms. The smallest absolute Gasteiger partial charge is 0.333 e. The third-order valence-electron chi connectivity index (χ3n) is 4.41. The zero-order chi connectivity index (χ0) is 20.3. The van der Waals surface area contributed by atoms with Gasteiger partial charge in [-0.1, -0.05) is 0 Å². The van der Waals surface area contributed by atoms with Crippen molar-refractivity contribution in [3.05, 3.63) is 32.6 Å². The zero-order valence-electron chi connectivity index (χ0n) is 14.7. The van der Waals surface area contributed by atoms with Gasteiger partial charge < -0.3 is 36.2 Å². The first-order chi connectivity index (χ1) is 12.7. The third kappa shape index (κ3) is 4.26. The van der Waals surface area contributed by atoms with Crippen LogP contribution in [0.1, 0.15) is 18.2 Å². The van der Waals surface area contributed by atoms with E-state index in [0.717, 1.165) is 9.13 Å². The van der Waals surface area contributed by atoms with Crippen LogP contribution in [0.3, 0.4) is 0 Å². The summed E-state index contributed by atoms with van der Waals surface area (Å²) in [5.41, 5.74) is 4.12. The second kappa shape index (κ2) is 8.73. The predicted molar refractivity (Wildman–Crippen MR) is 91.0 cm³/mol. The van der Waals surface area contributed by atoms with Crippen molar-refractivity contribution < 1.29 is 30.0 Å². The predicted octanol–water partition coefficient (Wildman–Crippen LogP) is -3.86. The number of ether oxygens (including phenoxy) is 1. The Morgan fingerprint density at radius 2 is 2.04 bits per heavy atom. The number of aliphatic carboxylic acids is 1. The maximum atomic E-state index is 12.7. The van der Waals surface area contributed by atoms with Crippen molar-refractivity contribution in [3.63, 3.8) is 0 Å². The van der Waals surface area contributed by atoms with E-state index in [4.69, 9.17) is 15.6 Å². The van der Waals surface area contributed by atoms with E-state index < -0.39 is 54.4 Å². The van der Waals surface area contributed by atoms with Gasteiger partial charge in [0.25, 0.3) is 5.56 Å². The van der Waals surface area contributed by atoms with Gasteiger partial charge in [-0.3, -0.25) is 18.7 Å². The minimum atomic E-state index is -1.51. The van der Waals surface area contributed by atoms with Gasteiger partial charge in [-0.05, 0) is 13.5 Å². The SMILES string of the molecule is CNCc1cn([C@@H]2O[C@H](CO)[C@@H](O)[C@H]2O)c(=O)n(CCC(N)C(=O)O)c1=O. The number of nitrogens with one attached hydrogen (secondary N) is 1. The molecule has 0 amide bonds. The van der Waals surface area contributed by atoms with E-state index in [0.29, 0.717) is 0 Å². The number of aromatic nitrogens is 2. The highest BCUT2D eigenvalue weighted by Crippen LogP contribution is 2.28. The lowest BCUT2D eigenvalue weighted by Crippen LogP contribution is -2.46. The summed E-state index contributed by atoms with van der Waals surface area (Å²) >= 11 is 0. The lowest BCUT2D eigenvalue weighted by Gasteiger charge is -2.20. The number of hydrogen-bond donors (Lipinski definition) is 6. The average molecular weight is 388 g/mol.